The molecule has 3 unspecified atom stereocenters. The van der Waals surface area contributed by atoms with E-state index in [4.69, 9.17) is 0 Å². The molecule has 1 aliphatic carbocycles. The van der Waals surface area contributed by atoms with Gasteiger partial charge in [-0.15, -0.1) is 11.3 Å². The maximum atomic E-state index is 4.64. The molecular formula is C15H26N2S. The van der Waals surface area contributed by atoms with E-state index in [2.05, 4.69) is 36.5 Å². The zero-order chi connectivity index (χ0) is 13.0. The molecule has 3 atom stereocenters. The van der Waals surface area contributed by atoms with Crippen LogP contribution in [0.1, 0.15) is 43.8 Å². The van der Waals surface area contributed by atoms with Gasteiger partial charge in [0.05, 0.1) is 10.7 Å². The van der Waals surface area contributed by atoms with Crippen LogP contribution < -0.4 is 5.32 Å². The molecule has 0 aromatic carbocycles. The second-order valence-electron chi connectivity index (χ2n) is 5.81. The Bertz CT molecular complexity index is 359. The van der Waals surface area contributed by atoms with Crippen molar-refractivity contribution in [3.8, 4) is 0 Å². The van der Waals surface area contributed by atoms with Crippen molar-refractivity contribution >= 4 is 11.3 Å². The summed E-state index contributed by atoms with van der Waals surface area (Å²) in [6.07, 6.45) is 5.36. The molecule has 18 heavy (non-hydrogen) atoms. The summed E-state index contributed by atoms with van der Waals surface area (Å²) in [7, 11) is 0. The Kier molecular flexibility index (Phi) is 5.19. The van der Waals surface area contributed by atoms with E-state index in [0.29, 0.717) is 0 Å². The second kappa shape index (κ2) is 6.67. The van der Waals surface area contributed by atoms with E-state index < -0.39 is 0 Å². The number of nitrogens with one attached hydrogen (secondary N) is 1. The van der Waals surface area contributed by atoms with Crippen LogP contribution in [0.2, 0.25) is 0 Å². The van der Waals surface area contributed by atoms with Gasteiger partial charge >= 0.3 is 0 Å². The van der Waals surface area contributed by atoms with Crippen LogP contribution in [0.15, 0.2) is 5.38 Å². The molecule has 1 heterocycles. The van der Waals surface area contributed by atoms with E-state index >= 15 is 0 Å². The number of aromatic nitrogens is 1. The summed E-state index contributed by atoms with van der Waals surface area (Å²) in [5, 5.41) is 6.99. The van der Waals surface area contributed by atoms with E-state index in [9.17, 15) is 0 Å². The van der Waals surface area contributed by atoms with Gasteiger partial charge in [-0.05, 0) is 57.0 Å². The number of rotatable bonds is 5. The van der Waals surface area contributed by atoms with Crippen LogP contribution in [-0.4, -0.2) is 18.1 Å². The minimum atomic E-state index is 0.828. The lowest BCUT2D eigenvalue weighted by atomic mass is 9.73. The molecule has 1 aliphatic rings. The molecule has 1 aromatic rings. The predicted molar refractivity (Wildman–Crippen MR) is 79.1 cm³/mol. The Hall–Kier alpha value is -0.410. The minimum Gasteiger partial charge on any atom is -0.317 e. The van der Waals surface area contributed by atoms with Crippen molar-refractivity contribution in [1.29, 1.82) is 0 Å². The number of nitrogens with zero attached hydrogens (tertiary/aromatic N) is 1. The van der Waals surface area contributed by atoms with Gasteiger partial charge in [0.25, 0.3) is 0 Å². The average molecular weight is 266 g/mol. The lowest BCUT2D eigenvalue weighted by molar-refractivity contribution is 0.183. The lowest BCUT2D eigenvalue weighted by Gasteiger charge is -2.35. The van der Waals surface area contributed by atoms with Gasteiger partial charge < -0.3 is 5.32 Å². The molecule has 0 saturated heterocycles. The van der Waals surface area contributed by atoms with Crippen LogP contribution in [-0.2, 0) is 6.42 Å². The Morgan fingerprint density at radius 1 is 1.39 bits per heavy atom. The molecule has 1 N–H and O–H groups in total. The largest absolute Gasteiger partial charge is 0.317 e. The third-order valence-corrected chi connectivity index (χ3v) is 5.02. The van der Waals surface area contributed by atoms with Gasteiger partial charge in [-0.1, -0.05) is 20.3 Å². The van der Waals surface area contributed by atoms with Crippen molar-refractivity contribution in [3.05, 3.63) is 16.1 Å². The average Bonchev–Trinajstić information content (AvgIpc) is 2.74. The first-order valence-electron chi connectivity index (χ1n) is 7.30. The second-order valence-corrected chi connectivity index (χ2v) is 6.87. The van der Waals surface area contributed by atoms with Crippen LogP contribution in [0.4, 0.5) is 0 Å². The summed E-state index contributed by atoms with van der Waals surface area (Å²) >= 11 is 1.79. The van der Waals surface area contributed by atoms with Crippen LogP contribution in [0.25, 0.3) is 0 Å². The minimum absolute atomic E-state index is 0.828. The quantitative estimate of drug-likeness (QED) is 0.880. The number of aryl methyl sites for hydroxylation is 1. The summed E-state index contributed by atoms with van der Waals surface area (Å²) in [5.41, 5.74) is 1.32. The predicted octanol–water partition coefficient (Wildman–Crippen LogP) is 3.66. The van der Waals surface area contributed by atoms with E-state index in [1.54, 1.807) is 11.3 Å². The summed E-state index contributed by atoms with van der Waals surface area (Å²) in [5.74, 6) is 2.57. The van der Waals surface area contributed by atoms with E-state index in [1.807, 2.05) is 0 Å². The Balaban J connectivity index is 1.96. The monoisotopic (exact) mass is 266 g/mol. The van der Waals surface area contributed by atoms with Crippen LogP contribution in [0, 0.1) is 24.7 Å². The van der Waals surface area contributed by atoms with Crippen molar-refractivity contribution < 1.29 is 0 Å². The lowest BCUT2D eigenvalue weighted by Crippen LogP contribution is -2.33. The Morgan fingerprint density at radius 3 is 2.89 bits per heavy atom. The zero-order valence-corrected chi connectivity index (χ0v) is 12.7. The standard InChI is InChI=1S/C15H26N2S/c1-4-16-9-13-6-5-11(2)7-14(13)8-15-10-18-12(3)17-15/h10-11,13-14,16H,4-9H2,1-3H3. The van der Waals surface area contributed by atoms with Gasteiger partial charge in [0, 0.05) is 5.38 Å². The zero-order valence-electron chi connectivity index (χ0n) is 11.9. The highest BCUT2D eigenvalue weighted by molar-refractivity contribution is 7.09. The first-order valence-corrected chi connectivity index (χ1v) is 8.18. The summed E-state index contributed by atoms with van der Waals surface area (Å²) < 4.78 is 0. The fourth-order valence-corrected chi connectivity index (χ4v) is 3.81. The Morgan fingerprint density at radius 2 is 2.22 bits per heavy atom. The fourth-order valence-electron chi connectivity index (χ4n) is 3.18. The molecule has 2 nitrogen and oxygen atoms in total. The third kappa shape index (κ3) is 3.79. The molecule has 0 bridgehead atoms. The highest BCUT2D eigenvalue weighted by Gasteiger charge is 2.28. The summed E-state index contributed by atoms with van der Waals surface area (Å²) in [6, 6.07) is 0. The highest BCUT2D eigenvalue weighted by atomic mass is 32.1. The van der Waals surface area contributed by atoms with E-state index in [-0.39, 0.29) is 0 Å². The maximum Gasteiger partial charge on any atom is 0.0897 e. The van der Waals surface area contributed by atoms with Gasteiger partial charge in [0.2, 0.25) is 0 Å². The number of hydrogen-bond acceptors (Lipinski definition) is 3. The smallest absolute Gasteiger partial charge is 0.0897 e. The maximum absolute atomic E-state index is 4.64. The van der Waals surface area contributed by atoms with Crippen molar-refractivity contribution in [2.75, 3.05) is 13.1 Å². The first kappa shape index (κ1) is 14.0. The van der Waals surface area contributed by atoms with Crippen molar-refractivity contribution in [2.45, 2.75) is 46.5 Å². The molecule has 1 fully saturated rings. The highest BCUT2D eigenvalue weighted by Crippen LogP contribution is 2.35. The van der Waals surface area contributed by atoms with Gasteiger partial charge in [-0.25, -0.2) is 4.98 Å². The van der Waals surface area contributed by atoms with E-state index in [0.717, 1.165) is 24.3 Å². The molecule has 102 valence electrons. The number of thiazole rings is 1. The third-order valence-electron chi connectivity index (χ3n) is 4.20. The molecular weight excluding hydrogens is 240 g/mol. The Labute approximate surface area is 115 Å². The normalized spacial score (nSPS) is 28.5. The molecule has 3 heteroatoms. The van der Waals surface area contributed by atoms with Gasteiger partial charge in [-0.3, -0.25) is 0 Å². The summed E-state index contributed by atoms with van der Waals surface area (Å²) in [6.45, 7) is 8.99. The molecule has 0 aliphatic heterocycles. The number of hydrogen-bond donors (Lipinski definition) is 1. The van der Waals surface area contributed by atoms with E-state index in [1.165, 1.54) is 42.9 Å². The SMILES string of the molecule is CCNCC1CCC(C)CC1Cc1csc(C)n1. The van der Waals surface area contributed by atoms with Gasteiger partial charge in [0.1, 0.15) is 0 Å². The molecule has 0 spiro atoms. The molecule has 0 radical (unpaired) electrons. The molecule has 1 aromatic heterocycles. The van der Waals surface area contributed by atoms with Crippen molar-refractivity contribution in [2.24, 2.45) is 17.8 Å². The van der Waals surface area contributed by atoms with Crippen LogP contribution >= 0.6 is 11.3 Å². The van der Waals surface area contributed by atoms with Gasteiger partial charge in [0.15, 0.2) is 0 Å². The first-order chi connectivity index (χ1) is 8.69. The van der Waals surface area contributed by atoms with Crippen molar-refractivity contribution in [3.63, 3.8) is 0 Å². The van der Waals surface area contributed by atoms with Crippen molar-refractivity contribution in [1.82, 2.24) is 10.3 Å². The van der Waals surface area contributed by atoms with Crippen LogP contribution in [0.3, 0.4) is 0 Å². The van der Waals surface area contributed by atoms with Gasteiger partial charge in [-0.2, -0.15) is 0 Å². The fraction of sp³-hybridized carbons (Fsp3) is 0.800. The summed E-state index contributed by atoms with van der Waals surface area (Å²) in [4.78, 5) is 4.64. The molecule has 0 amide bonds. The molecule has 1 saturated carbocycles. The van der Waals surface area contributed by atoms with Crippen LogP contribution in [0.5, 0.6) is 0 Å². The topological polar surface area (TPSA) is 24.9 Å². The molecule has 2 rings (SSSR count).